The molecule has 2 aromatic carbocycles. The first-order valence-electron chi connectivity index (χ1n) is 10.5. The van der Waals surface area contributed by atoms with Gasteiger partial charge in [-0.05, 0) is 35.4 Å². The normalized spacial score (nSPS) is 18.6. The summed E-state index contributed by atoms with van der Waals surface area (Å²) in [6.45, 7) is 8.60. The number of hydrogen-bond donors (Lipinski definition) is 0. The summed E-state index contributed by atoms with van der Waals surface area (Å²) < 4.78 is 0. The third kappa shape index (κ3) is 5.67. The second-order valence-corrected chi connectivity index (χ2v) is 8.93. The van der Waals surface area contributed by atoms with Crippen LogP contribution in [0.3, 0.4) is 0 Å². The van der Waals surface area contributed by atoms with E-state index in [2.05, 4.69) is 34.1 Å². The molecule has 0 aliphatic carbocycles. The van der Waals surface area contributed by atoms with E-state index in [1.807, 2.05) is 34.1 Å². The van der Waals surface area contributed by atoms with Crippen LogP contribution in [0.4, 0.5) is 4.79 Å². The highest BCUT2D eigenvalue weighted by Crippen LogP contribution is 2.16. The fourth-order valence-corrected chi connectivity index (χ4v) is 4.34. The molecule has 2 aliphatic heterocycles. The van der Waals surface area contributed by atoms with Crippen LogP contribution in [-0.4, -0.2) is 78.0 Å². The topological polar surface area (TPSA) is 30.0 Å². The second kappa shape index (κ2) is 10.0. The quantitative estimate of drug-likeness (QED) is 0.709. The minimum Gasteiger partial charge on any atom is -0.322 e. The average molecular weight is 447 g/mol. The zero-order valence-electron chi connectivity index (χ0n) is 17.1. The van der Waals surface area contributed by atoms with Crippen LogP contribution in [0.5, 0.6) is 0 Å². The molecule has 160 valence electrons. The number of benzene rings is 2. The summed E-state index contributed by atoms with van der Waals surface area (Å²) in [5.41, 5.74) is 2.52. The van der Waals surface area contributed by atoms with E-state index in [1.54, 1.807) is 0 Å². The number of hydrogen-bond acceptors (Lipinski definition) is 3. The molecule has 0 unspecified atom stereocenters. The van der Waals surface area contributed by atoms with Crippen LogP contribution in [0.1, 0.15) is 11.1 Å². The molecule has 2 aliphatic rings. The van der Waals surface area contributed by atoms with E-state index >= 15 is 0 Å². The lowest BCUT2D eigenvalue weighted by atomic mass is 10.2. The van der Waals surface area contributed by atoms with Gasteiger partial charge in [0.2, 0.25) is 0 Å². The van der Waals surface area contributed by atoms with Gasteiger partial charge in [-0.15, -0.1) is 0 Å². The van der Waals surface area contributed by atoms with Gasteiger partial charge in [0.05, 0.1) is 0 Å². The fraction of sp³-hybridized carbons (Fsp3) is 0.435. The Balaban J connectivity index is 1.20. The Morgan fingerprint density at radius 2 is 0.933 bits per heavy atom. The molecule has 0 saturated carbocycles. The minimum absolute atomic E-state index is 0.187. The number of carbonyl (C=O) groups is 1. The van der Waals surface area contributed by atoms with Gasteiger partial charge in [0, 0.05) is 75.5 Å². The van der Waals surface area contributed by atoms with Crippen molar-refractivity contribution in [1.29, 1.82) is 0 Å². The zero-order chi connectivity index (χ0) is 20.9. The third-order valence-corrected chi connectivity index (χ3v) is 6.43. The molecule has 7 heteroatoms. The van der Waals surface area contributed by atoms with E-state index in [0.717, 1.165) is 75.5 Å². The van der Waals surface area contributed by atoms with Crippen LogP contribution in [0.15, 0.2) is 48.5 Å². The summed E-state index contributed by atoms with van der Waals surface area (Å²) in [6, 6.07) is 16.2. The minimum atomic E-state index is 0.187. The van der Waals surface area contributed by atoms with Gasteiger partial charge in [-0.2, -0.15) is 0 Å². The molecular formula is C23H28Cl2N4O. The van der Waals surface area contributed by atoms with Crippen LogP contribution in [0.2, 0.25) is 10.0 Å². The number of halogens is 2. The SMILES string of the molecule is O=C(N1CCN(Cc2ccc(Cl)cc2)CC1)N1CCN(Cc2ccc(Cl)cc2)CC1. The maximum atomic E-state index is 12.9. The van der Waals surface area contributed by atoms with Crippen molar-refractivity contribution >= 4 is 29.2 Å². The van der Waals surface area contributed by atoms with Crippen LogP contribution in [0, 0.1) is 0 Å². The molecule has 0 aromatic heterocycles. The molecule has 5 nitrogen and oxygen atoms in total. The van der Waals surface area contributed by atoms with E-state index in [1.165, 1.54) is 11.1 Å². The molecule has 2 heterocycles. The summed E-state index contributed by atoms with van der Waals surface area (Å²) in [5, 5.41) is 1.53. The molecule has 2 aromatic rings. The molecule has 2 fully saturated rings. The van der Waals surface area contributed by atoms with Gasteiger partial charge in [-0.25, -0.2) is 4.79 Å². The van der Waals surface area contributed by atoms with Crippen LogP contribution < -0.4 is 0 Å². The van der Waals surface area contributed by atoms with E-state index in [4.69, 9.17) is 23.2 Å². The summed E-state index contributed by atoms with van der Waals surface area (Å²) >= 11 is 11.9. The van der Waals surface area contributed by atoms with Gasteiger partial charge in [0.25, 0.3) is 0 Å². The maximum absolute atomic E-state index is 12.9. The van der Waals surface area contributed by atoms with E-state index in [-0.39, 0.29) is 6.03 Å². The lowest BCUT2D eigenvalue weighted by Crippen LogP contribution is -2.56. The summed E-state index contributed by atoms with van der Waals surface area (Å²) in [7, 11) is 0. The number of piperazine rings is 2. The molecule has 2 saturated heterocycles. The van der Waals surface area contributed by atoms with Gasteiger partial charge >= 0.3 is 6.03 Å². The predicted molar refractivity (Wildman–Crippen MR) is 122 cm³/mol. The van der Waals surface area contributed by atoms with Crippen molar-refractivity contribution in [3.05, 3.63) is 69.7 Å². The smallest absolute Gasteiger partial charge is 0.320 e. The zero-order valence-corrected chi connectivity index (χ0v) is 18.7. The Kier molecular flexibility index (Phi) is 7.16. The van der Waals surface area contributed by atoms with Crippen molar-refractivity contribution < 1.29 is 4.79 Å². The third-order valence-electron chi connectivity index (χ3n) is 5.92. The van der Waals surface area contributed by atoms with Crippen LogP contribution in [-0.2, 0) is 13.1 Å². The molecular weight excluding hydrogens is 419 g/mol. The largest absolute Gasteiger partial charge is 0.322 e. The Morgan fingerprint density at radius 1 is 0.600 bits per heavy atom. The maximum Gasteiger partial charge on any atom is 0.320 e. The standard InChI is InChI=1S/C23H28Cl2N4O/c24-21-5-1-19(2-6-21)17-26-9-13-28(14-10-26)23(30)29-15-11-27(12-16-29)18-20-3-7-22(25)8-4-20/h1-8H,9-18H2. The van der Waals surface area contributed by atoms with Crippen LogP contribution in [0.25, 0.3) is 0 Å². The van der Waals surface area contributed by atoms with E-state index in [9.17, 15) is 4.79 Å². The Labute approximate surface area is 188 Å². The highest BCUT2D eigenvalue weighted by Gasteiger charge is 2.27. The lowest BCUT2D eigenvalue weighted by Gasteiger charge is -2.40. The Hall–Kier alpha value is -1.79. The molecule has 30 heavy (non-hydrogen) atoms. The van der Waals surface area contributed by atoms with Crippen molar-refractivity contribution in [2.45, 2.75) is 13.1 Å². The fourth-order valence-electron chi connectivity index (χ4n) is 4.09. The van der Waals surface area contributed by atoms with Crippen molar-refractivity contribution in [1.82, 2.24) is 19.6 Å². The van der Waals surface area contributed by atoms with Gasteiger partial charge < -0.3 is 9.80 Å². The second-order valence-electron chi connectivity index (χ2n) is 8.06. The van der Waals surface area contributed by atoms with Gasteiger partial charge in [0.15, 0.2) is 0 Å². The van der Waals surface area contributed by atoms with Crippen molar-refractivity contribution in [3.8, 4) is 0 Å². The first kappa shape index (κ1) is 21.4. The van der Waals surface area contributed by atoms with Gasteiger partial charge in [-0.1, -0.05) is 47.5 Å². The highest BCUT2D eigenvalue weighted by molar-refractivity contribution is 6.30. The highest BCUT2D eigenvalue weighted by atomic mass is 35.5. The Morgan fingerprint density at radius 3 is 1.27 bits per heavy atom. The molecule has 0 radical (unpaired) electrons. The number of rotatable bonds is 4. The summed E-state index contributed by atoms with van der Waals surface area (Å²) in [4.78, 5) is 21.8. The number of carbonyl (C=O) groups excluding carboxylic acids is 1. The van der Waals surface area contributed by atoms with Crippen molar-refractivity contribution in [2.75, 3.05) is 52.4 Å². The van der Waals surface area contributed by atoms with Crippen molar-refractivity contribution in [2.24, 2.45) is 0 Å². The van der Waals surface area contributed by atoms with Gasteiger partial charge in [-0.3, -0.25) is 9.80 Å². The molecule has 0 atom stereocenters. The summed E-state index contributed by atoms with van der Waals surface area (Å²) in [5.74, 6) is 0. The first-order valence-corrected chi connectivity index (χ1v) is 11.3. The molecule has 2 amide bonds. The lowest BCUT2D eigenvalue weighted by molar-refractivity contribution is 0.0870. The van der Waals surface area contributed by atoms with E-state index < -0.39 is 0 Å². The molecule has 0 N–H and O–H groups in total. The Bertz CT molecular complexity index is 758. The number of urea groups is 1. The average Bonchev–Trinajstić information content (AvgIpc) is 2.77. The van der Waals surface area contributed by atoms with Crippen LogP contribution >= 0.6 is 23.2 Å². The van der Waals surface area contributed by atoms with Gasteiger partial charge in [0.1, 0.15) is 0 Å². The first-order chi connectivity index (χ1) is 14.6. The van der Waals surface area contributed by atoms with E-state index in [0.29, 0.717) is 0 Å². The molecule has 0 spiro atoms. The monoisotopic (exact) mass is 446 g/mol. The summed E-state index contributed by atoms with van der Waals surface area (Å²) in [6.07, 6.45) is 0. The van der Waals surface area contributed by atoms with Crippen molar-refractivity contribution in [3.63, 3.8) is 0 Å². The number of amides is 2. The number of nitrogens with zero attached hydrogens (tertiary/aromatic N) is 4. The predicted octanol–water partition coefficient (Wildman–Crippen LogP) is 4.05. The molecule has 4 rings (SSSR count). The molecule has 0 bridgehead atoms.